The molecule has 0 aromatic heterocycles. The van der Waals surface area contributed by atoms with Gasteiger partial charge in [-0.25, -0.2) is 4.79 Å². The summed E-state index contributed by atoms with van der Waals surface area (Å²) in [5.41, 5.74) is 6.66. The molecule has 9 heteroatoms. The van der Waals surface area contributed by atoms with E-state index in [1.165, 1.54) is 30.8 Å². The molecule has 1 aromatic rings. The van der Waals surface area contributed by atoms with Gasteiger partial charge in [-0.05, 0) is 31.5 Å². The van der Waals surface area contributed by atoms with Crippen LogP contribution in [-0.4, -0.2) is 50.7 Å². The Balaban J connectivity index is 2.71. The van der Waals surface area contributed by atoms with Crippen LogP contribution in [0.15, 0.2) is 24.3 Å². The third kappa shape index (κ3) is 6.93. The van der Waals surface area contributed by atoms with Crippen LogP contribution in [-0.2, 0) is 20.8 Å². The standard InChI is InChI=1S/C17H25N3O5S/c1-10(21)19-9-26-17(2,3)14(18)15(23)20-13(16(24)25)8-11-4-6-12(22)7-5-11/h4-7,13-14,22H,8-9,18H2,1-3H3,(H,19,21)(H,20,23)(H,24,25)/t13-,14+/m0/s1. The van der Waals surface area contributed by atoms with Crippen molar-refractivity contribution in [2.45, 2.75) is 44.0 Å². The number of carboxylic acids is 1. The first-order valence-electron chi connectivity index (χ1n) is 7.98. The molecule has 0 fully saturated rings. The molecular formula is C17H25N3O5S. The van der Waals surface area contributed by atoms with E-state index in [0.29, 0.717) is 11.4 Å². The number of hydrogen-bond donors (Lipinski definition) is 5. The Morgan fingerprint density at radius 2 is 1.81 bits per heavy atom. The van der Waals surface area contributed by atoms with Crippen LogP contribution in [0.5, 0.6) is 5.75 Å². The topological polar surface area (TPSA) is 142 Å². The number of phenols is 1. The lowest BCUT2D eigenvalue weighted by Crippen LogP contribution is -2.56. The Labute approximate surface area is 156 Å². The van der Waals surface area contributed by atoms with Crippen molar-refractivity contribution in [1.29, 1.82) is 0 Å². The molecule has 2 atom stereocenters. The van der Waals surface area contributed by atoms with Gasteiger partial charge in [-0.2, -0.15) is 0 Å². The predicted octanol–water partition coefficient (Wildman–Crippen LogP) is 0.437. The highest BCUT2D eigenvalue weighted by molar-refractivity contribution is 8.00. The lowest BCUT2D eigenvalue weighted by Gasteiger charge is -2.31. The molecule has 8 nitrogen and oxygen atoms in total. The van der Waals surface area contributed by atoms with Crippen molar-refractivity contribution < 1.29 is 24.6 Å². The van der Waals surface area contributed by atoms with Crippen LogP contribution in [0.3, 0.4) is 0 Å². The Hall–Kier alpha value is -2.26. The van der Waals surface area contributed by atoms with E-state index < -0.39 is 28.7 Å². The average molecular weight is 383 g/mol. The monoisotopic (exact) mass is 383 g/mol. The van der Waals surface area contributed by atoms with Gasteiger partial charge in [-0.3, -0.25) is 9.59 Å². The summed E-state index contributed by atoms with van der Waals surface area (Å²) in [6.07, 6.45) is 0.0630. The fourth-order valence-electron chi connectivity index (χ4n) is 2.06. The Morgan fingerprint density at radius 3 is 2.31 bits per heavy atom. The summed E-state index contributed by atoms with van der Waals surface area (Å²) >= 11 is 1.29. The van der Waals surface area contributed by atoms with Gasteiger partial charge in [-0.1, -0.05) is 12.1 Å². The molecular weight excluding hydrogens is 358 g/mol. The fourth-order valence-corrected chi connectivity index (χ4v) is 2.99. The first-order valence-corrected chi connectivity index (χ1v) is 8.96. The highest BCUT2D eigenvalue weighted by atomic mass is 32.2. The number of phenolic OH excluding ortho intramolecular Hbond substituents is 1. The van der Waals surface area contributed by atoms with Gasteiger partial charge in [0.15, 0.2) is 0 Å². The van der Waals surface area contributed by atoms with Gasteiger partial charge in [-0.15, -0.1) is 11.8 Å². The molecule has 6 N–H and O–H groups in total. The van der Waals surface area contributed by atoms with E-state index in [4.69, 9.17) is 5.73 Å². The van der Waals surface area contributed by atoms with Gasteiger partial charge in [0.05, 0.1) is 11.9 Å². The number of carboxylic acid groups (broad SMARTS) is 1. The summed E-state index contributed by atoms with van der Waals surface area (Å²) < 4.78 is -0.714. The van der Waals surface area contributed by atoms with Crippen molar-refractivity contribution in [3.8, 4) is 5.75 Å². The van der Waals surface area contributed by atoms with Crippen molar-refractivity contribution in [2.75, 3.05) is 5.88 Å². The molecule has 0 unspecified atom stereocenters. The number of nitrogens with two attached hydrogens (primary N) is 1. The number of amides is 2. The van der Waals surface area contributed by atoms with Crippen LogP contribution < -0.4 is 16.4 Å². The van der Waals surface area contributed by atoms with Gasteiger partial charge >= 0.3 is 5.97 Å². The molecule has 0 bridgehead atoms. The van der Waals surface area contributed by atoms with Crippen LogP contribution in [0.2, 0.25) is 0 Å². The third-order valence-corrected chi connectivity index (χ3v) is 5.07. The largest absolute Gasteiger partial charge is 0.508 e. The molecule has 0 heterocycles. The summed E-state index contributed by atoms with van der Waals surface area (Å²) in [4.78, 5) is 34.8. The summed E-state index contributed by atoms with van der Waals surface area (Å²) in [5.74, 6) is -1.59. The lowest BCUT2D eigenvalue weighted by atomic mass is 10.0. The SMILES string of the molecule is CC(=O)NCSC(C)(C)[C@H](N)C(=O)N[C@@H](Cc1ccc(O)cc1)C(=O)O. The van der Waals surface area contributed by atoms with Gasteiger partial charge < -0.3 is 26.6 Å². The number of carbonyl (C=O) groups excluding carboxylic acids is 2. The fraction of sp³-hybridized carbons (Fsp3) is 0.471. The Kier molecular flexibility index (Phi) is 7.91. The molecule has 0 saturated heterocycles. The van der Waals surface area contributed by atoms with Gasteiger partial charge in [0.2, 0.25) is 11.8 Å². The maximum absolute atomic E-state index is 12.4. The zero-order chi connectivity index (χ0) is 19.9. The normalized spacial score (nSPS) is 13.5. The molecule has 1 rings (SSSR count). The van der Waals surface area contributed by atoms with Gasteiger partial charge in [0, 0.05) is 18.1 Å². The summed E-state index contributed by atoms with van der Waals surface area (Å²) in [5, 5.41) is 23.7. The first-order chi connectivity index (χ1) is 12.0. The molecule has 26 heavy (non-hydrogen) atoms. The summed E-state index contributed by atoms with van der Waals surface area (Å²) in [7, 11) is 0. The smallest absolute Gasteiger partial charge is 0.326 e. The molecule has 1 aromatic carbocycles. The molecule has 144 valence electrons. The number of benzene rings is 1. The minimum Gasteiger partial charge on any atom is -0.508 e. The van der Waals surface area contributed by atoms with Crippen molar-refractivity contribution in [3.05, 3.63) is 29.8 Å². The summed E-state index contributed by atoms with van der Waals surface area (Å²) in [6.45, 7) is 4.89. The van der Waals surface area contributed by atoms with Gasteiger partial charge in [0.25, 0.3) is 0 Å². The van der Waals surface area contributed by atoms with E-state index in [0.717, 1.165) is 0 Å². The number of aliphatic carboxylic acids is 1. The number of carbonyl (C=O) groups is 3. The van der Waals surface area contributed by atoms with E-state index in [1.807, 2.05) is 0 Å². The summed E-state index contributed by atoms with van der Waals surface area (Å²) in [6, 6.07) is 3.96. The highest BCUT2D eigenvalue weighted by Crippen LogP contribution is 2.26. The van der Waals surface area contributed by atoms with Gasteiger partial charge in [0.1, 0.15) is 11.8 Å². The van der Waals surface area contributed by atoms with Crippen LogP contribution in [0.4, 0.5) is 0 Å². The molecule has 0 spiro atoms. The van der Waals surface area contributed by atoms with Crippen LogP contribution >= 0.6 is 11.8 Å². The predicted molar refractivity (Wildman–Crippen MR) is 99.7 cm³/mol. The van der Waals surface area contributed by atoms with E-state index in [-0.39, 0.29) is 18.1 Å². The second-order valence-corrected chi connectivity index (χ2v) is 8.00. The number of nitrogens with one attached hydrogen (secondary N) is 2. The van der Waals surface area contributed by atoms with Crippen LogP contribution in [0.25, 0.3) is 0 Å². The van der Waals surface area contributed by atoms with Crippen molar-refractivity contribution >= 4 is 29.5 Å². The number of aromatic hydroxyl groups is 1. The lowest BCUT2D eigenvalue weighted by molar-refractivity contribution is -0.142. The molecule has 0 aliphatic carbocycles. The number of thioether (sulfide) groups is 1. The maximum Gasteiger partial charge on any atom is 0.326 e. The van der Waals surface area contributed by atoms with Crippen molar-refractivity contribution in [3.63, 3.8) is 0 Å². The Morgan fingerprint density at radius 1 is 1.23 bits per heavy atom. The molecule has 0 aliphatic heterocycles. The Bertz CT molecular complexity index is 648. The van der Waals surface area contributed by atoms with E-state index >= 15 is 0 Å². The second-order valence-electron chi connectivity index (χ2n) is 6.37. The van der Waals surface area contributed by atoms with Crippen molar-refractivity contribution in [1.82, 2.24) is 10.6 Å². The van der Waals surface area contributed by atoms with E-state index in [9.17, 15) is 24.6 Å². The number of hydrogen-bond acceptors (Lipinski definition) is 6. The van der Waals surface area contributed by atoms with Crippen LogP contribution in [0, 0.1) is 0 Å². The first kappa shape index (κ1) is 21.8. The zero-order valence-electron chi connectivity index (χ0n) is 15.0. The number of rotatable bonds is 9. The van der Waals surface area contributed by atoms with E-state index in [1.54, 1.807) is 26.0 Å². The molecule has 0 radical (unpaired) electrons. The molecule has 0 aliphatic rings. The zero-order valence-corrected chi connectivity index (χ0v) is 15.8. The highest BCUT2D eigenvalue weighted by Gasteiger charge is 2.34. The molecule has 0 saturated carbocycles. The molecule has 2 amide bonds. The van der Waals surface area contributed by atoms with E-state index in [2.05, 4.69) is 10.6 Å². The third-order valence-electron chi connectivity index (χ3n) is 3.79. The minimum absolute atomic E-state index is 0.0630. The minimum atomic E-state index is -1.18. The quantitative estimate of drug-likeness (QED) is 0.389. The van der Waals surface area contributed by atoms with Crippen molar-refractivity contribution in [2.24, 2.45) is 5.73 Å². The second kappa shape index (κ2) is 9.44. The average Bonchev–Trinajstić information content (AvgIpc) is 2.54. The maximum atomic E-state index is 12.4. The van der Waals surface area contributed by atoms with Crippen LogP contribution in [0.1, 0.15) is 26.3 Å².